The zero-order chi connectivity index (χ0) is 12.8. The van der Waals surface area contributed by atoms with Crippen LogP contribution in [0.5, 0.6) is 0 Å². The lowest BCUT2D eigenvalue weighted by Crippen LogP contribution is -2.20. The van der Waals surface area contributed by atoms with Gasteiger partial charge in [-0.05, 0) is 24.8 Å². The molecule has 1 atom stereocenters. The number of halogens is 1. The SMILES string of the molecule is Fc1cccc2c1C(C1CCCCC1)n1cncc1-2. The van der Waals surface area contributed by atoms with Crippen LogP contribution in [0.4, 0.5) is 4.39 Å². The fraction of sp³-hybridized carbons (Fsp3) is 0.438. The molecule has 1 aliphatic carbocycles. The van der Waals surface area contributed by atoms with Crippen LogP contribution in [0.25, 0.3) is 11.3 Å². The summed E-state index contributed by atoms with van der Waals surface area (Å²) in [4.78, 5) is 4.26. The molecule has 2 aromatic rings. The average Bonchev–Trinajstić information content (AvgIpc) is 3.01. The maximum Gasteiger partial charge on any atom is 0.129 e. The minimum Gasteiger partial charge on any atom is -0.323 e. The first-order valence-electron chi connectivity index (χ1n) is 7.17. The third-order valence-electron chi connectivity index (χ3n) is 4.69. The van der Waals surface area contributed by atoms with Crippen molar-refractivity contribution in [3.05, 3.63) is 42.1 Å². The number of aromatic nitrogens is 2. The molecule has 0 saturated heterocycles. The van der Waals surface area contributed by atoms with E-state index in [1.165, 1.54) is 32.1 Å². The molecule has 1 fully saturated rings. The summed E-state index contributed by atoms with van der Waals surface area (Å²) in [5.74, 6) is 0.497. The fourth-order valence-corrected chi connectivity index (χ4v) is 3.85. The van der Waals surface area contributed by atoms with Crippen LogP contribution < -0.4 is 0 Å². The van der Waals surface area contributed by atoms with E-state index in [-0.39, 0.29) is 11.9 Å². The first kappa shape index (κ1) is 11.2. The van der Waals surface area contributed by atoms with Gasteiger partial charge in [0.15, 0.2) is 0 Å². The number of fused-ring (bicyclic) bond motifs is 3. The lowest BCUT2D eigenvalue weighted by Gasteiger charge is -2.29. The van der Waals surface area contributed by atoms with Crippen molar-refractivity contribution in [1.82, 2.24) is 9.55 Å². The molecule has 1 unspecified atom stereocenters. The van der Waals surface area contributed by atoms with Gasteiger partial charge in [-0.1, -0.05) is 31.4 Å². The van der Waals surface area contributed by atoms with Gasteiger partial charge >= 0.3 is 0 Å². The van der Waals surface area contributed by atoms with Crippen LogP contribution in [0.15, 0.2) is 30.7 Å². The second-order valence-corrected chi connectivity index (χ2v) is 5.73. The van der Waals surface area contributed by atoms with E-state index in [0.717, 1.165) is 16.8 Å². The molecule has 3 heteroatoms. The molecule has 0 spiro atoms. The molecule has 19 heavy (non-hydrogen) atoms. The first-order chi connectivity index (χ1) is 9.36. The van der Waals surface area contributed by atoms with Gasteiger partial charge in [0.05, 0.1) is 24.3 Å². The Morgan fingerprint density at radius 3 is 2.84 bits per heavy atom. The second kappa shape index (κ2) is 4.19. The van der Waals surface area contributed by atoms with Crippen LogP contribution in [0.2, 0.25) is 0 Å². The Bertz CT molecular complexity index is 611. The molecule has 0 bridgehead atoms. The molecule has 2 nitrogen and oxygen atoms in total. The van der Waals surface area contributed by atoms with Gasteiger partial charge in [-0.2, -0.15) is 0 Å². The van der Waals surface area contributed by atoms with Gasteiger partial charge in [-0.3, -0.25) is 0 Å². The van der Waals surface area contributed by atoms with Crippen molar-refractivity contribution >= 4 is 0 Å². The van der Waals surface area contributed by atoms with Crippen molar-refractivity contribution in [2.75, 3.05) is 0 Å². The van der Waals surface area contributed by atoms with Crippen LogP contribution in [0, 0.1) is 11.7 Å². The summed E-state index contributed by atoms with van der Waals surface area (Å²) in [6.07, 6.45) is 10.0. The van der Waals surface area contributed by atoms with Crippen molar-refractivity contribution in [3.8, 4) is 11.3 Å². The van der Waals surface area contributed by atoms with Gasteiger partial charge in [0.25, 0.3) is 0 Å². The Balaban J connectivity index is 1.87. The molecule has 98 valence electrons. The maximum absolute atomic E-state index is 14.3. The predicted octanol–water partition coefficient (Wildman–Crippen LogP) is 4.17. The highest BCUT2D eigenvalue weighted by molar-refractivity contribution is 5.69. The predicted molar refractivity (Wildman–Crippen MR) is 72.3 cm³/mol. The number of hydrogen-bond donors (Lipinski definition) is 0. The average molecular weight is 256 g/mol. The molecular formula is C16H17FN2. The zero-order valence-electron chi connectivity index (χ0n) is 10.8. The zero-order valence-corrected chi connectivity index (χ0v) is 10.8. The molecule has 1 aromatic carbocycles. The van der Waals surface area contributed by atoms with E-state index in [2.05, 4.69) is 9.55 Å². The number of benzene rings is 1. The summed E-state index contributed by atoms with van der Waals surface area (Å²) in [6.45, 7) is 0. The van der Waals surface area contributed by atoms with Crippen molar-refractivity contribution in [2.45, 2.75) is 38.1 Å². The molecule has 1 saturated carbocycles. The van der Waals surface area contributed by atoms with Crippen LogP contribution in [-0.2, 0) is 0 Å². The quantitative estimate of drug-likeness (QED) is 0.748. The number of rotatable bonds is 1. The summed E-state index contributed by atoms with van der Waals surface area (Å²) in [5, 5.41) is 0. The van der Waals surface area contributed by atoms with E-state index in [1.807, 2.05) is 18.6 Å². The first-order valence-corrected chi connectivity index (χ1v) is 7.17. The highest BCUT2D eigenvalue weighted by atomic mass is 19.1. The molecule has 0 amide bonds. The Kier molecular flexibility index (Phi) is 2.47. The van der Waals surface area contributed by atoms with E-state index in [0.29, 0.717) is 5.92 Å². The van der Waals surface area contributed by atoms with E-state index in [1.54, 1.807) is 12.1 Å². The fourth-order valence-electron chi connectivity index (χ4n) is 3.85. The number of nitrogens with zero attached hydrogens (tertiary/aromatic N) is 2. The summed E-state index contributed by atoms with van der Waals surface area (Å²) < 4.78 is 16.5. The van der Waals surface area contributed by atoms with Gasteiger partial charge in [-0.25, -0.2) is 9.37 Å². The standard InChI is InChI=1S/C16H17FN2/c17-13-8-4-7-12-14-9-18-10-19(14)16(15(12)13)11-5-2-1-3-6-11/h4,7-11,16H,1-3,5-6H2. The number of hydrogen-bond acceptors (Lipinski definition) is 1. The maximum atomic E-state index is 14.3. The smallest absolute Gasteiger partial charge is 0.129 e. The molecule has 2 aliphatic rings. The van der Waals surface area contributed by atoms with Crippen molar-refractivity contribution in [1.29, 1.82) is 0 Å². The van der Waals surface area contributed by atoms with Gasteiger partial charge in [0.1, 0.15) is 5.82 Å². The highest BCUT2D eigenvalue weighted by Gasteiger charge is 2.36. The highest BCUT2D eigenvalue weighted by Crippen LogP contribution is 2.47. The van der Waals surface area contributed by atoms with Crippen molar-refractivity contribution in [3.63, 3.8) is 0 Å². The Morgan fingerprint density at radius 1 is 1.16 bits per heavy atom. The number of imidazole rings is 1. The van der Waals surface area contributed by atoms with Crippen molar-refractivity contribution in [2.24, 2.45) is 5.92 Å². The van der Waals surface area contributed by atoms with Crippen LogP contribution in [-0.4, -0.2) is 9.55 Å². The molecule has 0 N–H and O–H groups in total. The van der Waals surface area contributed by atoms with Gasteiger partial charge in [0.2, 0.25) is 0 Å². The summed E-state index contributed by atoms with van der Waals surface area (Å²) in [7, 11) is 0. The molecule has 2 heterocycles. The topological polar surface area (TPSA) is 17.8 Å². The second-order valence-electron chi connectivity index (χ2n) is 5.73. The lowest BCUT2D eigenvalue weighted by atomic mass is 9.81. The minimum absolute atomic E-state index is 0.0585. The summed E-state index contributed by atoms with van der Waals surface area (Å²) in [6, 6.07) is 5.58. The Morgan fingerprint density at radius 2 is 2.00 bits per heavy atom. The summed E-state index contributed by atoms with van der Waals surface area (Å²) in [5.41, 5.74) is 3.00. The summed E-state index contributed by atoms with van der Waals surface area (Å²) >= 11 is 0. The molecule has 0 radical (unpaired) electrons. The van der Waals surface area contributed by atoms with Gasteiger partial charge < -0.3 is 4.57 Å². The third kappa shape index (κ3) is 1.57. The van der Waals surface area contributed by atoms with Crippen LogP contribution >= 0.6 is 0 Å². The third-order valence-corrected chi connectivity index (χ3v) is 4.69. The normalized spacial score (nSPS) is 22.3. The lowest BCUT2D eigenvalue weighted by molar-refractivity contribution is 0.281. The van der Waals surface area contributed by atoms with Crippen LogP contribution in [0.1, 0.15) is 43.7 Å². The monoisotopic (exact) mass is 256 g/mol. The van der Waals surface area contributed by atoms with E-state index in [9.17, 15) is 4.39 Å². The van der Waals surface area contributed by atoms with Crippen molar-refractivity contribution < 1.29 is 4.39 Å². The molecule has 4 rings (SSSR count). The molecule has 1 aromatic heterocycles. The Labute approximate surface area is 112 Å². The minimum atomic E-state index is -0.0585. The molecular weight excluding hydrogens is 239 g/mol. The largest absolute Gasteiger partial charge is 0.323 e. The Hall–Kier alpha value is -1.64. The van der Waals surface area contributed by atoms with Crippen LogP contribution in [0.3, 0.4) is 0 Å². The van der Waals surface area contributed by atoms with E-state index in [4.69, 9.17) is 0 Å². The molecule has 1 aliphatic heterocycles. The van der Waals surface area contributed by atoms with E-state index >= 15 is 0 Å². The van der Waals surface area contributed by atoms with E-state index < -0.39 is 0 Å². The van der Waals surface area contributed by atoms with Gasteiger partial charge in [0, 0.05) is 11.1 Å². The van der Waals surface area contributed by atoms with Gasteiger partial charge in [-0.15, -0.1) is 0 Å².